The molecule has 6 rings (SSSR count). The van der Waals surface area contributed by atoms with Gasteiger partial charge >= 0.3 is 11.7 Å². The van der Waals surface area contributed by atoms with Crippen LogP contribution in [0.5, 0.6) is 17.2 Å². The summed E-state index contributed by atoms with van der Waals surface area (Å²) in [5.41, 5.74) is -0.0411. The zero-order chi connectivity index (χ0) is 43.4. The highest BCUT2D eigenvalue weighted by Gasteiger charge is 2.53. The first-order valence-electron chi connectivity index (χ1n) is 19.6. The van der Waals surface area contributed by atoms with Gasteiger partial charge in [-0.3, -0.25) is 29.3 Å². The van der Waals surface area contributed by atoms with Gasteiger partial charge in [-0.15, -0.1) is 0 Å². The minimum absolute atomic E-state index is 0.116. The molecule has 15 heteroatoms. The van der Waals surface area contributed by atoms with Crippen LogP contribution in [0.25, 0.3) is 0 Å². The Labute approximate surface area is 349 Å². The molecule has 1 aliphatic heterocycles. The normalized spacial score (nSPS) is 18.2. The molecule has 60 heavy (non-hydrogen) atoms. The van der Waals surface area contributed by atoms with Crippen LogP contribution in [0.4, 0.5) is 5.69 Å². The summed E-state index contributed by atoms with van der Waals surface area (Å²) in [4.78, 5) is 53.3. The second kappa shape index (κ2) is 17.8. The number of benzene rings is 4. The number of hydrogen-bond acceptors (Lipinski definition) is 11. The zero-order valence-electron chi connectivity index (χ0n) is 35.0. The van der Waals surface area contributed by atoms with E-state index in [9.17, 15) is 24.5 Å². The van der Waals surface area contributed by atoms with Crippen molar-refractivity contribution in [1.29, 1.82) is 0 Å². The molecule has 2 heterocycles. The summed E-state index contributed by atoms with van der Waals surface area (Å²) in [5.74, 6) is -0.0107. The van der Waals surface area contributed by atoms with Crippen molar-refractivity contribution in [3.05, 3.63) is 163 Å². The van der Waals surface area contributed by atoms with Gasteiger partial charge < -0.3 is 28.1 Å². The van der Waals surface area contributed by atoms with E-state index in [0.717, 1.165) is 16.7 Å². The van der Waals surface area contributed by atoms with Gasteiger partial charge in [0.15, 0.2) is 14.5 Å². The van der Waals surface area contributed by atoms with Gasteiger partial charge in [0.1, 0.15) is 22.8 Å². The minimum Gasteiger partial charge on any atom is -0.497 e. The Balaban J connectivity index is 1.49. The van der Waals surface area contributed by atoms with Crippen molar-refractivity contribution in [2.45, 2.75) is 76.3 Å². The van der Waals surface area contributed by atoms with Crippen molar-refractivity contribution in [3.63, 3.8) is 0 Å². The molecular formula is C45H51N3O11Si. The molecule has 1 saturated heterocycles. The number of methoxy groups -OCH3 is 2. The van der Waals surface area contributed by atoms with E-state index in [0.29, 0.717) is 11.5 Å². The van der Waals surface area contributed by atoms with Gasteiger partial charge in [0.05, 0.1) is 44.4 Å². The lowest BCUT2D eigenvalue weighted by Crippen LogP contribution is -2.49. The molecule has 0 amide bonds. The molecule has 0 unspecified atom stereocenters. The number of ether oxygens (including phenoxy) is 5. The fraction of sp³-hybridized carbons (Fsp3) is 0.356. The van der Waals surface area contributed by atoms with Crippen LogP contribution in [0.1, 0.15) is 55.7 Å². The lowest BCUT2D eigenvalue weighted by molar-refractivity contribution is -0.384. The quantitative estimate of drug-likeness (QED) is 0.0274. The van der Waals surface area contributed by atoms with Crippen LogP contribution in [0.15, 0.2) is 119 Å². The zero-order valence-corrected chi connectivity index (χ0v) is 36.0. The second-order valence-electron chi connectivity index (χ2n) is 16.3. The number of nitro benzene ring substituents is 1. The summed E-state index contributed by atoms with van der Waals surface area (Å²) < 4.78 is 39.4. The van der Waals surface area contributed by atoms with Crippen LogP contribution in [0, 0.1) is 23.0 Å². The molecule has 1 fully saturated rings. The minimum atomic E-state index is -2.68. The van der Waals surface area contributed by atoms with Gasteiger partial charge in [-0.1, -0.05) is 75.4 Å². The highest BCUT2D eigenvalue weighted by molar-refractivity contribution is 6.74. The van der Waals surface area contributed by atoms with Crippen LogP contribution in [-0.2, 0) is 24.3 Å². The van der Waals surface area contributed by atoms with Crippen LogP contribution in [-0.4, -0.2) is 61.8 Å². The van der Waals surface area contributed by atoms with Crippen molar-refractivity contribution in [2.75, 3.05) is 20.8 Å². The molecule has 0 aliphatic carbocycles. The van der Waals surface area contributed by atoms with Gasteiger partial charge in [0, 0.05) is 29.8 Å². The Morgan fingerprint density at radius 3 is 1.88 bits per heavy atom. The summed E-state index contributed by atoms with van der Waals surface area (Å²) in [6, 6.07) is 30.1. The Bertz CT molecular complexity index is 2340. The predicted molar refractivity (Wildman–Crippen MR) is 227 cm³/mol. The summed E-state index contributed by atoms with van der Waals surface area (Å²) >= 11 is 0. The molecule has 0 spiro atoms. The Morgan fingerprint density at radius 1 is 0.833 bits per heavy atom. The molecular weight excluding hydrogens is 787 g/mol. The largest absolute Gasteiger partial charge is 0.497 e. The van der Waals surface area contributed by atoms with Crippen LogP contribution < -0.4 is 25.5 Å². The average molecular weight is 838 g/mol. The fourth-order valence-electron chi connectivity index (χ4n) is 7.14. The third-order valence-electron chi connectivity index (χ3n) is 11.5. The lowest BCUT2D eigenvalue weighted by atomic mass is 9.80. The highest BCUT2D eigenvalue weighted by Crippen LogP contribution is 2.47. The second-order valence-corrected chi connectivity index (χ2v) is 21.1. The number of aromatic amines is 1. The number of H-pyrrole nitrogens is 1. The summed E-state index contributed by atoms with van der Waals surface area (Å²) in [5, 5.41) is 11.0. The van der Waals surface area contributed by atoms with Gasteiger partial charge in [-0.25, -0.2) is 4.79 Å². The van der Waals surface area contributed by atoms with Crippen LogP contribution in [0.3, 0.4) is 0 Å². The van der Waals surface area contributed by atoms with Gasteiger partial charge in [-0.2, -0.15) is 0 Å². The van der Waals surface area contributed by atoms with E-state index >= 15 is 0 Å². The van der Waals surface area contributed by atoms with Crippen molar-refractivity contribution < 1.29 is 37.8 Å². The fourth-order valence-corrected chi connectivity index (χ4v) is 8.46. The molecule has 316 valence electrons. The number of hydrogen-bond donors (Lipinski definition) is 1. The maximum Gasteiger partial charge on any atom is 0.330 e. The number of rotatable bonds is 15. The van der Waals surface area contributed by atoms with Crippen molar-refractivity contribution in [2.24, 2.45) is 5.92 Å². The number of carbonyl (C=O) groups excluding carboxylic acids is 1. The third-order valence-corrected chi connectivity index (χ3v) is 15.9. The molecule has 14 nitrogen and oxygen atoms in total. The number of nitro groups is 1. The maximum atomic E-state index is 14.0. The van der Waals surface area contributed by atoms with Crippen LogP contribution in [0.2, 0.25) is 18.1 Å². The molecule has 4 aromatic carbocycles. The van der Waals surface area contributed by atoms with Gasteiger partial charge in [0.25, 0.3) is 11.2 Å². The molecule has 0 bridgehead atoms. The monoisotopic (exact) mass is 837 g/mol. The molecule has 1 N–H and O–H groups in total. The van der Waals surface area contributed by atoms with E-state index < -0.39 is 60.4 Å². The first kappa shape index (κ1) is 43.7. The number of esters is 1. The van der Waals surface area contributed by atoms with E-state index in [1.807, 2.05) is 78.9 Å². The molecule has 0 radical (unpaired) electrons. The third kappa shape index (κ3) is 9.14. The average Bonchev–Trinajstić information content (AvgIpc) is 3.54. The molecule has 1 aromatic heterocycles. The van der Waals surface area contributed by atoms with E-state index in [-0.39, 0.29) is 35.1 Å². The number of aryl methyl sites for hydroxylation is 1. The van der Waals surface area contributed by atoms with E-state index in [2.05, 4.69) is 38.8 Å². The van der Waals surface area contributed by atoms with Gasteiger partial charge in [-0.05, 0) is 78.1 Å². The van der Waals surface area contributed by atoms with Crippen molar-refractivity contribution in [1.82, 2.24) is 9.55 Å². The molecule has 0 saturated carbocycles. The SMILES string of the molecule is COc1ccc(C(OC[C@H]2O[C@@H](n3cc(C)c(=O)[nH]c3=O)[C@H](O[Si](C)(C)C(C)(C)C)[C@@H]2CC(=O)Oc2ccc([N+](=O)[O-])cc2)(c2ccccc2)c2ccc(OC)cc2)cc1. The van der Waals surface area contributed by atoms with Gasteiger partial charge in [0.2, 0.25) is 0 Å². The first-order chi connectivity index (χ1) is 28.5. The first-order valence-corrected chi connectivity index (χ1v) is 22.5. The predicted octanol–water partition coefficient (Wildman–Crippen LogP) is 7.68. The Morgan fingerprint density at radius 2 is 1.37 bits per heavy atom. The van der Waals surface area contributed by atoms with Crippen LogP contribution >= 0.6 is 0 Å². The molecule has 1 aliphatic rings. The van der Waals surface area contributed by atoms with E-state index in [1.54, 1.807) is 21.1 Å². The molecule has 4 atom stereocenters. The van der Waals surface area contributed by atoms with Crippen molar-refractivity contribution >= 4 is 20.0 Å². The standard InChI is InChI=1S/C45H51N3O11Si/c1-29-27-47(43(51)46-41(29)50)42-40(59-60(7,8)44(2,3)4)37(26-39(49)57-36-24-18-33(19-25-36)48(52)53)38(58-42)28-56-45(30-12-10-9-11-13-30,31-14-20-34(54-5)21-15-31)32-16-22-35(55-6)23-17-32/h9-25,27,37-38,40,42H,26,28H2,1-8H3,(H,46,50,51)/t37-,38-,40-,42-/m1/s1. The summed E-state index contributed by atoms with van der Waals surface area (Å²) in [7, 11) is 0.506. The topological polar surface area (TPSA) is 170 Å². The number of nitrogens with zero attached hydrogens (tertiary/aromatic N) is 2. The number of nitrogens with one attached hydrogen (secondary N) is 1. The Hall–Kier alpha value is -5.87. The van der Waals surface area contributed by atoms with E-state index in [1.165, 1.54) is 35.0 Å². The summed E-state index contributed by atoms with van der Waals surface area (Å²) in [6.07, 6.45) is -1.71. The highest BCUT2D eigenvalue weighted by atomic mass is 28.4. The maximum absolute atomic E-state index is 14.0. The number of non-ortho nitro benzene ring substituents is 1. The van der Waals surface area contributed by atoms with Crippen molar-refractivity contribution in [3.8, 4) is 17.2 Å². The number of carbonyl (C=O) groups is 1. The Kier molecular flexibility index (Phi) is 12.9. The molecule has 5 aromatic rings. The number of aromatic nitrogens is 2. The summed E-state index contributed by atoms with van der Waals surface area (Å²) in [6.45, 7) is 11.8. The lowest BCUT2D eigenvalue weighted by Gasteiger charge is -2.41. The van der Waals surface area contributed by atoms with E-state index in [4.69, 9.17) is 28.1 Å². The smallest absolute Gasteiger partial charge is 0.330 e.